The van der Waals surface area contributed by atoms with Crippen LogP contribution < -0.4 is 5.32 Å². The molecule has 0 aliphatic carbocycles. The Labute approximate surface area is 68.3 Å². The van der Waals surface area contributed by atoms with Gasteiger partial charge in [-0.3, -0.25) is 0 Å². The van der Waals surface area contributed by atoms with Crippen molar-refractivity contribution < 1.29 is 4.74 Å². The lowest BCUT2D eigenvalue weighted by Gasteiger charge is -2.36. The van der Waals surface area contributed by atoms with Crippen LogP contribution in [-0.2, 0) is 4.74 Å². The molecule has 2 heteroatoms. The highest BCUT2D eigenvalue weighted by Gasteiger charge is 2.36. The molecule has 64 valence electrons. The quantitative estimate of drug-likeness (QED) is 0.567. The summed E-state index contributed by atoms with van der Waals surface area (Å²) in [5.74, 6) is 0.862. The third kappa shape index (κ3) is 1.42. The third-order valence-electron chi connectivity index (χ3n) is 3.04. The van der Waals surface area contributed by atoms with Crippen molar-refractivity contribution in [2.75, 3.05) is 19.8 Å². The Morgan fingerprint density at radius 1 is 1.45 bits per heavy atom. The lowest BCUT2D eigenvalue weighted by molar-refractivity contribution is 0.142. The van der Waals surface area contributed by atoms with Crippen LogP contribution in [0.15, 0.2) is 0 Å². The first-order chi connectivity index (χ1) is 5.31. The van der Waals surface area contributed by atoms with E-state index in [1.807, 2.05) is 0 Å². The summed E-state index contributed by atoms with van der Waals surface area (Å²) in [4.78, 5) is 0. The second-order valence-corrected chi connectivity index (χ2v) is 4.11. The van der Waals surface area contributed by atoms with E-state index >= 15 is 0 Å². The van der Waals surface area contributed by atoms with E-state index in [1.54, 1.807) is 0 Å². The van der Waals surface area contributed by atoms with Crippen LogP contribution in [0.4, 0.5) is 0 Å². The smallest absolute Gasteiger partial charge is 0.0649 e. The van der Waals surface area contributed by atoms with Gasteiger partial charge in [0.05, 0.1) is 6.61 Å². The fraction of sp³-hybridized carbons (Fsp3) is 1.00. The van der Waals surface area contributed by atoms with Crippen molar-refractivity contribution in [2.24, 2.45) is 5.92 Å². The van der Waals surface area contributed by atoms with Crippen LogP contribution in [0, 0.1) is 5.92 Å². The molecule has 2 rings (SSSR count). The molecule has 0 aromatic heterocycles. The Morgan fingerprint density at radius 3 is 2.91 bits per heavy atom. The van der Waals surface area contributed by atoms with Gasteiger partial charge < -0.3 is 10.1 Å². The molecule has 0 aromatic carbocycles. The van der Waals surface area contributed by atoms with Gasteiger partial charge in [-0.25, -0.2) is 0 Å². The monoisotopic (exact) mass is 155 g/mol. The van der Waals surface area contributed by atoms with Gasteiger partial charge in [0, 0.05) is 12.1 Å². The van der Waals surface area contributed by atoms with Crippen LogP contribution in [0.3, 0.4) is 0 Å². The van der Waals surface area contributed by atoms with E-state index in [0.717, 1.165) is 19.1 Å². The molecule has 0 radical (unpaired) electrons. The van der Waals surface area contributed by atoms with Crippen molar-refractivity contribution in [1.29, 1.82) is 0 Å². The molecule has 1 spiro atoms. The van der Waals surface area contributed by atoms with Gasteiger partial charge in [0.15, 0.2) is 0 Å². The fourth-order valence-electron chi connectivity index (χ4n) is 2.05. The van der Waals surface area contributed by atoms with Gasteiger partial charge in [-0.05, 0) is 31.7 Å². The van der Waals surface area contributed by atoms with Crippen LogP contribution in [0.5, 0.6) is 0 Å². The number of rotatable bonds is 0. The zero-order valence-corrected chi connectivity index (χ0v) is 7.23. The first-order valence-electron chi connectivity index (χ1n) is 4.64. The molecule has 0 saturated carbocycles. The van der Waals surface area contributed by atoms with E-state index in [0.29, 0.717) is 5.54 Å². The Morgan fingerprint density at radius 2 is 2.36 bits per heavy atom. The van der Waals surface area contributed by atoms with Gasteiger partial charge >= 0.3 is 0 Å². The van der Waals surface area contributed by atoms with Gasteiger partial charge in [0.25, 0.3) is 0 Å². The van der Waals surface area contributed by atoms with Crippen LogP contribution in [0.2, 0.25) is 0 Å². The molecule has 11 heavy (non-hydrogen) atoms. The molecular weight excluding hydrogens is 138 g/mol. The van der Waals surface area contributed by atoms with Crippen LogP contribution in [0.25, 0.3) is 0 Å². The standard InChI is InChI=1S/C9H17NO/c1-8-2-3-9(10-6-8)4-5-11-7-9/h8,10H,2-7H2,1H3. The first kappa shape index (κ1) is 7.56. The van der Waals surface area contributed by atoms with Crippen LogP contribution in [0.1, 0.15) is 26.2 Å². The largest absolute Gasteiger partial charge is 0.379 e. The molecule has 2 aliphatic rings. The Balaban J connectivity index is 1.94. The molecular formula is C9H17NO. The molecule has 0 aromatic rings. The zero-order chi connectivity index (χ0) is 7.73. The molecule has 2 fully saturated rings. The molecule has 2 unspecified atom stereocenters. The highest BCUT2D eigenvalue weighted by atomic mass is 16.5. The Kier molecular flexibility index (Phi) is 1.90. The topological polar surface area (TPSA) is 21.3 Å². The second kappa shape index (κ2) is 2.76. The number of hydrogen-bond donors (Lipinski definition) is 1. The average Bonchev–Trinajstić information content (AvgIpc) is 2.45. The summed E-state index contributed by atoms with van der Waals surface area (Å²) in [5.41, 5.74) is 0.381. The summed E-state index contributed by atoms with van der Waals surface area (Å²) in [6.45, 7) is 5.40. The normalized spacial score (nSPS) is 45.0. The van der Waals surface area contributed by atoms with Gasteiger partial charge in [-0.1, -0.05) is 6.92 Å². The molecule has 2 aliphatic heterocycles. The van der Waals surface area contributed by atoms with Crippen molar-refractivity contribution in [3.05, 3.63) is 0 Å². The number of hydrogen-bond acceptors (Lipinski definition) is 2. The predicted octanol–water partition coefficient (Wildman–Crippen LogP) is 1.17. The van der Waals surface area contributed by atoms with Gasteiger partial charge in [-0.15, -0.1) is 0 Å². The minimum absolute atomic E-state index is 0.381. The molecule has 2 saturated heterocycles. The summed E-state index contributed by atoms with van der Waals surface area (Å²) in [6, 6.07) is 0. The summed E-state index contributed by atoms with van der Waals surface area (Å²) >= 11 is 0. The predicted molar refractivity (Wildman–Crippen MR) is 44.6 cm³/mol. The van der Waals surface area contributed by atoms with E-state index in [-0.39, 0.29) is 0 Å². The summed E-state index contributed by atoms with van der Waals surface area (Å²) in [5, 5.41) is 3.62. The molecule has 2 nitrogen and oxygen atoms in total. The number of piperidine rings is 1. The fourth-order valence-corrected chi connectivity index (χ4v) is 2.05. The van der Waals surface area contributed by atoms with Crippen molar-refractivity contribution in [3.63, 3.8) is 0 Å². The summed E-state index contributed by atoms with van der Waals surface area (Å²) < 4.78 is 5.41. The lowest BCUT2D eigenvalue weighted by Crippen LogP contribution is -2.51. The number of ether oxygens (including phenoxy) is 1. The van der Waals surface area contributed by atoms with E-state index in [2.05, 4.69) is 12.2 Å². The van der Waals surface area contributed by atoms with Gasteiger partial charge in [0.1, 0.15) is 0 Å². The molecule has 1 N–H and O–H groups in total. The Bertz CT molecular complexity index is 130. The third-order valence-corrected chi connectivity index (χ3v) is 3.04. The minimum Gasteiger partial charge on any atom is -0.379 e. The molecule has 2 heterocycles. The Hall–Kier alpha value is -0.0800. The maximum Gasteiger partial charge on any atom is 0.0649 e. The van der Waals surface area contributed by atoms with Crippen molar-refractivity contribution in [3.8, 4) is 0 Å². The maximum absolute atomic E-state index is 5.41. The van der Waals surface area contributed by atoms with E-state index in [9.17, 15) is 0 Å². The maximum atomic E-state index is 5.41. The van der Waals surface area contributed by atoms with Crippen molar-refractivity contribution in [1.82, 2.24) is 5.32 Å². The SMILES string of the molecule is CC1CCC2(CCOC2)NC1. The number of nitrogens with one attached hydrogen (secondary N) is 1. The highest BCUT2D eigenvalue weighted by Crippen LogP contribution is 2.29. The lowest BCUT2D eigenvalue weighted by atomic mass is 9.84. The second-order valence-electron chi connectivity index (χ2n) is 4.11. The first-order valence-corrected chi connectivity index (χ1v) is 4.64. The molecule has 2 atom stereocenters. The average molecular weight is 155 g/mol. The van der Waals surface area contributed by atoms with Gasteiger partial charge in [-0.2, -0.15) is 0 Å². The van der Waals surface area contributed by atoms with Gasteiger partial charge in [0.2, 0.25) is 0 Å². The van der Waals surface area contributed by atoms with Crippen molar-refractivity contribution in [2.45, 2.75) is 31.7 Å². The molecule has 0 amide bonds. The van der Waals surface area contributed by atoms with E-state index in [1.165, 1.54) is 25.8 Å². The zero-order valence-electron chi connectivity index (χ0n) is 7.23. The van der Waals surface area contributed by atoms with E-state index < -0.39 is 0 Å². The molecule has 0 bridgehead atoms. The van der Waals surface area contributed by atoms with Crippen molar-refractivity contribution >= 4 is 0 Å². The van der Waals surface area contributed by atoms with Crippen LogP contribution >= 0.6 is 0 Å². The minimum atomic E-state index is 0.381. The summed E-state index contributed by atoms with van der Waals surface area (Å²) in [7, 11) is 0. The summed E-state index contributed by atoms with van der Waals surface area (Å²) in [6.07, 6.45) is 3.91. The van der Waals surface area contributed by atoms with Crippen LogP contribution in [-0.4, -0.2) is 25.3 Å². The highest BCUT2D eigenvalue weighted by molar-refractivity contribution is 4.95. The van der Waals surface area contributed by atoms with E-state index in [4.69, 9.17) is 4.74 Å².